The SMILES string of the molecule is CCCc1c(C(F)(F)C(F)(F)C(F)(F)C(F)(F)F)cccc1C(F)(F)C(F)(F)C(F)(F)C(F)(F)F. The molecular weight excluding hydrogens is 546 g/mol. The molecule has 0 heterocycles. The van der Waals surface area contributed by atoms with Crippen LogP contribution in [0.5, 0.6) is 0 Å². The molecule has 0 N–H and O–H groups in total. The maximum absolute atomic E-state index is 14.3. The van der Waals surface area contributed by atoms with Crippen LogP contribution in [-0.2, 0) is 18.3 Å². The Hall–Kier alpha value is -2.04. The van der Waals surface area contributed by atoms with E-state index in [2.05, 4.69) is 0 Å². The molecule has 0 spiro atoms. The number of alkyl halides is 18. The van der Waals surface area contributed by atoms with E-state index in [0.717, 1.165) is 6.92 Å². The lowest BCUT2D eigenvalue weighted by Gasteiger charge is -2.37. The Labute approximate surface area is 182 Å². The lowest BCUT2D eigenvalue weighted by atomic mass is 9.84. The van der Waals surface area contributed by atoms with E-state index < -0.39 is 89.6 Å². The fourth-order valence-electron chi connectivity index (χ4n) is 2.78. The van der Waals surface area contributed by atoms with E-state index in [-0.39, 0.29) is 6.07 Å². The van der Waals surface area contributed by atoms with Crippen LogP contribution in [0.4, 0.5) is 79.0 Å². The van der Waals surface area contributed by atoms with E-state index in [1.54, 1.807) is 0 Å². The van der Waals surface area contributed by atoms with Gasteiger partial charge in [0, 0.05) is 11.1 Å². The van der Waals surface area contributed by atoms with Gasteiger partial charge < -0.3 is 0 Å². The highest BCUT2D eigenvalue weighted by atomic mass is 19.4. The molecule has 0 unspecified atom stereocenters. The van der Waals surface area contributed by atoms with E-state index in [9.17, 15) is 79.0 Å². The normalized spacial score (nSPS) is 15.5. The Morgan fingerprint density at radius 1 is 0.486 bits per heavy atom. The van der Waals surface area contributed by atoms with Crippen LogP contribution in [0.25, 0.3) is 0 Å². The third kappa shape index (κ3) is 4.38. The van der Waals surface area contributed by atoms with Crippen LogP contribution in [-0.4, -0.2) is 36.0 Å². The molecule has 0 aliphatic rings. The third-order valence-corrected chi connectivity index (χ3v) is 4.64. The van der Waals surface area contributed by atoms with Crippen molar-refractivity contribution in [1.82, 2.24) is 0 Å². The number of hydrogen-bond acceptors (Lipinski definition) is 0. The van der Waals surface area contributed by atoms with Crippen molar-refractivity contribution < 1.29 is 79.0 Å². The van der Waals surface area contributed by atoms with Gasteiger partial charge in [0.1, 0.15) is 0 Å². The first-order valence-electron chi connectivity index (χ1n) is 8.71. The molecule has 0 atom stereocenters. The summed E-state index contributed by atoms with van der Waals surface area (Å²) in [6, 6.07) is -1.26. The van der Waals surface area contributed by atoms with Gasteiger partial charge in [-0.15, -0.1) is 0 Å². The van der Waals surface area contributed by atoms with Crippen LogP contribution in [0, 0.1) is 0 Å². The zero-order chi connectivity index (χ0) is 28.3. The first-order chi connectivity index (χ1) is 15.2. The second-order valence-corrected chi connectivity index (χ2v) is 7.02. The van der Waals surface area contributed by atoms with Crippen LogP contribution in [0.15, 0.2) is 18.2 Å². The highest BCUT2D eigenvalue weighted by molar-refractivity contribution is 5.43. The van der Waals surface area contributed by atoms with Crippen molar-refractivity contribution >= 4 is 0 Å². The Kier molecular flexibility index (Phi) is 7.54. The second-order valence-electron chi connectivity index (χ2n) is 7.02. The van der Waals surface area contributed by atoms with Crippen LogP contribution < -0.4 is 0 Å². The highest BCUT2D eigenvalue weighted by Crippen LogP contribution is 2.60. The minimum atomic E-state index is -7.54. The zero-order valence-corrected chi connectivity index (χ0v) is 16.4. The van der Waals surface area contributed by atoms with Crippen molar-refractivity contribution in [1.29, 1.82) is 0 Å². The summed E-state index contributed by atoms with van der Waals surface area (Å²) in [6.07, 6.45) is -17.1. The summed E-state index contributed by atoms with van der Waals surface area (Å²) in [6.45, 7) is 0.821. The Bertz CT molecular complexity index is 836. The third-order valence-electron chi connectivity index (χ3n) is 4.64. The Morgan fingerprint density at radius 3 is 1.00 bits per heavy atom. The summed E-state index contributed by atoms with van der Waals surface area (Å²) in [5.41, 5.74) is -7.96. The molecule has 204 valence electrons. The second kappa shape index (κ2) is 8.52. The Balaban J connectivity index is 3.99. The van der Waals surface area contributed by atoms with Crippen LogP contribution >= 0.6 is 0 Å². The highest BCUT2D eigenvalue weighted by Gasteiger charge is 2.84. The van der Waals surface area contributed by atoms with E-state index in [0.29, 0.717) is 0 Å². The van der Waals surface area contributed by atoms with Crippen molar-refractivity contribution in [2.75, 3.05) is 0 Å². The molecule has 0 aromatic heterocycles. The van der Waals surface area contributed by atoms with Gasteiger partial charge in [0.15, 0.2) is 0 Å². The summed E-state index contributed by atoms with van der Waals surface area (Å²) in [5, 5.41) is 0. The molecule has 1 aromatic rings. The molecule has 0 saturated heterocycles. The Morgan fingerprint density at radius 2 is 0.771 bits per heavy atom. The van der Waals surface area contributed by atoms with E-state index >= 15 is 0 Å². The summed E-state index contributed by atoms with van der Waals surface area (Å²) < 4.78 is 239. The quantitative estimate of drug-likeness (QED) is 0.282. The zero-order valence-electron chi connectivity index (χ0n) is 16.4. The molecule has 35 heavy (non-hydrogen) atoms. The van der Waals surface area contributed by atoms with Gasteiger partial charge in [0.05, 0.1) is 0 Å². The molecule has 1 aromatic carbocycles. The number of halogens is 18. The lowest BCUT2D eigenvalue weighted by molar-refractivity contribution is -0.400. The summed E-state index contributed by atoms with van der Waals surface area (Å²) in [7, 11) is 0. The summed E-state index contributed by atoms with van der Waals surface area (Å²) in [4.78, 5) is 0. The minimum absolute atomic E-state index is 0.324. The molecular formula is C17H10F18. The lowest BCUT2D eigenvalue weighted by Crippen LogP contribution is -2.60. The fraction of sp³-hybridized carbons (Fsp3) is 0.647. The van der Waals surface area contributed by atoms with Gasteiger partial charge in [0.2, 0.25) is 0 Å². The predicted octanol–water partition coefficient (Wildman–Crippen LogP) is 8.49. The molecule has 0 bridgehead atoms. The molecule has 0 amide bonds. The molecule has 0 nitrogen and oxygen atoms in total. The minimum Gasteiger partial charge on any atom is -0.194 e. The predicted molar refractivity (Wildman–Crippen MR) is 80.1 cm³/mol. The van der Waals surface area contributed by atoms with Gasteiger partial charge >= 0.3 is 47.9 Å². The topological polar surface area (TPSA) is 0 Å². The standard InChI is InChI=1S/C17H10F18/c1-2-4-7-8(10(18,19)12(22,23)14(26,27)16(30,31)32)5-3-6-9(7)11(20,21)13(24,25)15(28,29)17(33,34)35/h3,5-6H,2,4H2,1H3. The van der Waals surface area contributed by atoms with Gasteiger partial charge in [-0.25, -0.2) is 0 Å². The average molecular weight is 556 g/mol. The fourth-order valence-corrected chi connectivity index (χ4v) is 2.78. The van der Waals surface area contributed by atoms with Gasteiger partial charge in [-0.05, 0) is 12.0 Å². The van der Waals surface area contributed by atoms with Crippen LogP contribution in [0.3, 0.4) is 0 Å². The van der Waals surface area contributed by atoms with Crippen LogP contribution in [0.2, 0.25) is 0 Å². The number of rotatable bonds is 8. The largest absolute Gasteiger partial charge is 0.460 e. The summed E-state index contributed by atoms with van der Waals surface area (Å²) in [5.74, 6) is -43.6. The van der Waals surface area contributed by atoms with Crippen molar-refractivity contribution in [3.8, 4) is 0 Å². The van der Waals surface area contributed by atoms with Gasteiger partial charge in [-0.3, -0.25) is 0 Å². The van der Waals surface area contributed by atoms with Gasteiger partial charge in [-0.1, -0.05) is 31.5 Å². The molecule has 0 fully saturated rings. The average Bonchev–Trinajstić information content (AvgIpc) is 2.65. The molecule has 0 aliphatic heterocycles. The number of hydrogen-bond donors (Lipinski definition) is 0. The number of benzene rings is 1. The van der Waals surface area contributed by atoms with Gasteiger partial charge in [-0.2, -0.15) is 79.0 Å². The van der Waals surface area contributed by atoms with E-state index in [4.69, 9.17) is 0 Å². The van der Waals surface area contributed by atoms with Crippen molar-refractivity contribution in [2.24, 2.45) is 0 Å². The molecule has 18 heteroatoms. The molecule has 0 aliphatic carbocycles. The van der Waals surface area contributed by atoms with E-state index in [1.807, 2.05) is 0 Å². The van der Waals surface area contributed by atoms with Crippen molar-refractivity contribution in [3.05, 3.63) is 34.9 Å². The van der Waals surface area contributed by atoms with Crippen molar-refractivity contribution in [3.63, 3.8) is 0 Å². The van der Waals surface area contributed by atoms with Crippen LogP contribution in [0.1, 0.15) is 30.0 Å². The smallest absolute Gasteiger partial charge is 0.194 e. The first-order valence-corrected chi connectivity index (χ1v) is 8.71. The maximum atomic E-state index is 14.3. The van der Waals surface area contributed by atoms with Gasteiger partial charge in [0.25, 0.3) is 0 Å². The monoisotopic (exact) mass is 556 g/mol. The first kappa shape index (κ1) is 31.0. The maximum Gasteiger partial charge on any atom is 0.460 e. The molecule has 0 radical (unpaired) electrons. The molecule has 1 rings (SSSR count). The summed E-state index contributed by atoms with van der Waals surface area (Å²) >= 11 is 0. The molecule has 0 saturated carbocycles. The van der Waals surface area contributed by atoms with Crippen molar-refractivity contribution in [2.45, 2.75) is 67.7 Å². The van der Waals surface area contributed by atoms with E-state index in [1.165, 1.54) is 0 Å².